The van der Waals surface area contributed by atoms with Crippen LogP contribution in [0.4, 0.5) is 5.69 Å². The highest BCUT2D eigenvalue weighted by atomic mass is 16.5. The van der Waals surface area contributed by atoms with Crippen LogP contribution in [0.3, 0.4) is 0 Å². The number of methoxy groups -OCH3 is 2. The smallest absolute Gasteiger partial charge is 0.142 e. The monoisotopic (exact) mass is 276 g/mol. The third-order valence-corrected chi connectivity index (χ3v) is 4.52. The minimum Gasteiger partial charge on any atom is -0.496 e. The highest BCUT2D eigenvalue weighted by Gasteiger charge is 2.43. The van der Waals surface area contributed by atoms with Crippen LogP contribution in [0, 0.1) is 0 Å². The molecule has 2 fully saturated rings. The minimum absolute atomic E-state index is 0.209. The Morgan fingerprint density at radius 3 is 2.20 bits per heavy atom. The number of hydrogen-bond acceptors (Lipinski definition) is 4. The van der Waals surface area contributed by atoms with Crippen molar-refractivity contribution >= 4 is 5.69 Å². The van der Waals surface area contributed by atoms with Crippen molar-refractivity contribution < 1.29 is 9.47 Å². The molecule has 0 aromatic heterocycles. The van der Waals surface area contributed by atoms with E-state index in [9.17, 15) is 0 Å². The Kier molecular flexibility index (Phi) is 3.50. The molecule has 0 unspecified atom stereocenters. The van der Waals surface area contributed by atoms with Crippen molar-refractivity contribution in [3.63, 3.8) is 0 Å². The van der Waals surface area contributed by atoms with Crippen molar-refractivity contribution in [2.75, 3.05) is 32.2 Å². The van der Waals surface area contributed by atoms with Gasteiger partial charge in [-0.2, -0.15) is 0 Å². The summed E-state index contributed by atoms with van der Waals surface area (Å²) in [5, 5.41) is 0. The van der Waals surface area contributed by atoms with Crippen molar-refractivity contribution in [2.45, 2.75) is 37.6 Å². The topological polar surface area (TPSA) is 47.7 Å². The van der Waals surface area contributed by atoms with Crippen LogP contribution >= 0.6 is 0 Å². The molecule has 2 N–H and O–H groups in total. The second kappa shape index (κ2) is 5.17. The first-order chi connectivity index (χ1) is 9.68. The van der Waals surface area contributed by atoms with E-state index < -0.39 is 0 Å². The van der Waals surface area contributed by atoms with Crippen LogP contribution in [0.1, 0.15) is 37.7 Å². The third kappa shape index (κ3) is 2.33. The normalized spacial score (nSPS) is 20.6. The van der Waals surface area contributed by atoms with Gasteiger partial charge in [-0.25, -0.2) is 0 Å². The summed E-state index contributed by atoms with van der Waals surface area (Å²) < 4.78 is 11.2. The van der Waals surface area contributed by atoms with Crippen LogP contribution in [0.2, 0.25) is 0 Å². The summed E-state index contributed by atoms with van der Waals surface area (Å²) in [4.78, 5) is 2.39. The average Bonchev–Trinajstić information content (AvgIpc) is 3.25. The summed E-state index contributed by atoms with van der Waals surface area (Å²) in [6.07, 6.45) is 5.85. The van der Waals surface area contributed by atoms with Gasteiger partial charge in [0.1, 0.15) is 11.5 Å². The molecule has 20 heavy (non-hydrogen) atoms. The van der Waals surface area contributed by atoms with Crippen LogP contribution < -0.4 is 20.1 Å². The Bertz CT molecular complexity index is 491. The van der Waals surface area contributed by atoms with Gasteiger partial charge in [-0.05, 0) is 38.2 Å². The van der Waals surface area contributed by atoms with Crippen molar-refractivity contribution in [2.24, 2.45) is 5.73 Å². The molecular formula is C16H24N2O2. The fourth-order valence-corrected chi connectivity index (χ4v) is 3.06. The Hall–Kier alpha value is -1.42. The number of anilines is 1. The number of piperidine rings is 1. The number of nitrogens with two attached hydrogens (primary N) is 1. The first-order valence-corrected chi connectivity index (χ1v) is 7.48. The molecule has 3 rings (SSSR count). The zero-order valence-corrected chi connectivity index (χ0v) is 12.4. The van der Waals surface area contributed by atoms with E-state index >= 15 is 0 Å². The standard InChI is InChI=1S/C16H24N2O2/c1-19-14-11-13(18-8-4-3-5-9-18)15(20-2)10-12(14)16(17)6-7-16/h10-11H,3-9,17H2,1-2H3. The van der Waals surface area contributed by atoms with Crippen LogP contribution in [-0.4, -0.2) is 27.3 Å². The Morgan fingerprint density at radius 2 is 1.65 bits per heavy atom. The molecule has 1 aromatic carbocycles. The predicted molar refractivity (Wildman–Crippen MR) is 80.7 cm³/mol. The molecule has 0 radical (unpaired) electrons. The van der Waals surface area contributed by atoms with E-state index in [2.05, 4.69) is 17.0 Å². The van der Waals surface area contributed by atoms with Gasteiger partial charge in [0.25, 0.3) is 0 Å². The van der Waals surface area contributed by atoms with E-state index in [0.717, 1.165) is 48.7 Å². The molecule has 110 valence electrons. The fraction of sp³-hybridized carbons (Fsp3) is 0.625. The molecule has 1 saturated heterocycles. The maximum atomic E-state index is 6.35. The van der Waals surface area contributed by atoms with Crippen LogP contribution in [0.15, 0.2) is 12.1 Å². The zero-order chi connectivity index (χ0) is 14.2. The minimum atomic E-state index is -0.209. The molecule has 0 amide bonds. The Morgan fingerprint density at radius 1 is 1.00 bits per heavy atom. The van der Waals surface area contributed by atoms with E-state index in [0.29, 0.717) is 0 Å². The first-order valence-electron chi connectivity index (χ1n) is 7.48. The number of benzene rings is 1. The molecule has 1 aliphatic heterocycles. The lowest BCUT2D eigenvalue weighted by atomic mass is 10.0. The van der Waals surface area contributed by atoms with Gasteiger partial charge in [0.15, 0.2) is 0 Å². The van der Waals surface area contributed by atoms with Gasteiger partial charge < -0.3 is 20.1 Å². The van der Waals surface area contributed by atoms with E-state index in [1.165, 1.54) is 19.3 Å². The molecule has 1 saturated carbocycles. The molecule has 0 atom stereocenters. The summed E-state index contributed by atoms with van der Waals surface area (Å²) >= 11 is 0. The molecule has 1 aliphatic carbocycles. The van der Waals surface area contributed by atoms with Gasteiger partial charge in [-0.3, -0.25) is 0 Å². The van der Waals surface area contributed by atoms with E-state index in [1.54, 1.807) is 14.2 Å². The largest absolute Gasteiger partial charge is 0.496 e. The molecule has 4 heteroatoms. The quantitative estimate of drug-likeness (QED) is 0.918. The van der Waals surface area contributed by atoms with E-state index in [1.807, 2.05) is 0 Å². The number of ether oxygens (including phenoxy) is 2. The molecule has 4 nitrogen and oxygen atoms in total. The zero-order valence-electron chi connectivity index (χ0n) is 12.4. The predicted octanol–water partition coefficient (Wildman–Crippen LogP) is 2.64. The molecule has 0 bridgehead atoms. The highest BCUT2D eigenvalue weighted by Crippen LogP contribution is 2.49. The fourth-order valence-electron chi connectivity index (χ4n) is 3.06. The molecule has 1 heterocycles. The van der Waals surface area contributed by atoms with Crippen molar-refractivity contribution in [3.05, 3.63) is 17.7 Å². The lowest BCUT2D eigenvalue weighted by Crippen LogP contribution is -2.30. The second-order valence-corrected chi connectivity index (χ2v) is 5.93. The second-order valence-electron chi connectivity index (χ2n) is 5.93. The Balaban J connectivity index is 2.01. The van der Waals surface area contributed by atoms with Crippen LogP contribution in [0.25, 0.3) is 0 Å². The third-order valence-electron chi connectivity index (χ3n) is 4.52. The SMILES string of the molecule is COc1cc(C2(N)CC2)c(OC)cc1N1CCCCC1. The summed E-state index contributed by atoms with van der Waals surface area (Å²) in [6.45, 7) is 2.18. The van der Waals surface area contributed by atoms with Gasteiger partial charge >= 0.3 is 0 Å². The highest BCUT2D eigenvalue weighted by molar-refractivity contribution is 5.65. The maximum Gasteiger partial charge on any atom is 0.142 e. The van der Waals surface area contributed by atoms with Crippen molar-refractivity contribution in [1.82, 2.24) is 0 Å². The summed E-state index contributed by atoms with van der Waals surface area (Å²) in [7, 11) is 3.45. The summed E-state index contributed by atoms with van der Waals surface area (Å²) in [5.74, 6) is 1.81. The molecule has 0 spiro atoms. The summed E-state index contributed by atoms with van der Waals surface area (Å²) in [5.41, 5.74) is 8.36. The lowest BCUT2D eigenvalue weighted by Gasteiger charge is -2.31. The van der Waals surface area contributed by atoms with Gasteiger partial charge in [0, 0.05) is 30.3 Å². The number of nitrogens with zero attached hydrogens (tertiary/aromatic N) is 1. The number of hydrogen-bond donors (Lipinski definition) is 1. The van der Waals surface area contributed by atoms with Crippen LogP contribution in [0.5, 0.6) is 11.5 Å². The van der Waals surface area contributed by atoms with E-state index in [-0.39, 0.29) is 5.54 Å². The maximum absolute atomic E-state index is 6.35. The molecule has 1 aromatic rings. The first kappa shape index (κ1) is 13.6. The van der Waals surface area contributed by atoms with Crippen LogP contribution in [-0.2, 0) is 5.54 Å². The molecular weight excluding hydrogens is 252 g/mol. The van der Waals surface area contributed by atoms with Gasteiger partial charge in [0.05, 0.1) is 19.9 Å². The van der Waals surface area contributed by atoms with Crippen molar-refractivity contribution in [1.29, 1.82) is 0 Å². The Labute approximate surface area is 120 Å². The summed E-state index contributed by atoms with van der Waals surface area (Å²) in [6, 6.07) is 4.18. The van der Waals surface area contributed by atoms with Crippen molar-refractivity contribution in [3.8, 4) is 11.5 Å². The van der Waals surface area contributed by atoms with Gasteiger partial charge in [-0.1, -0.05) is 0 Å². The van der Waals surface area contributed by atoms with Gasteiger partial charge in [-0.15, -0.1) is 0 Å². The average molecular weight is 276 g/mol. The lowest BCUT2D eigenvalue weighted by molar-refractivity contribution is 0.393. The van der Waals surface area contributed by atoms with Gasteiger partial charge in [0.2, 0.25) is 0 Å². The van der Waals surface area contributed by atoms with E-state index in [4.69, 9.17) is 15.2 Å². The number of rotatable bonds is 4. The molecule has 2 aliphatic rings.